The van der Waals surface area contributed by atoms with Crippen LogP contribution in [0.3, 0.4) is 0 Å². The molecule has 0 aromatic heterocycles. The highest BCUT2D eigenvalue weighted by Gasteiger charge is 2.44. The molecule has 3 rings (SSSR count). The third-order valence-corrected chi connectivity index (χ3v) is 5.44. The molecule has 1 heterocycles. The summed E-state index contributed by atoms with van der Waals surface area (Å²) in [5.41, 5.74) is -1.19. The van der Waals surface area contributed by atoms with E-state index in [0.717, 1.165) is 17.7 Å². The Balaban J connectivity index is 1.93. The fourth-order valence-corrected chi connectivity index (χ4v) is 3.87. The number of dihydropyridines is 1. The summed E-state index contributed by atoms with van der Waals surface area (Å²) in [4.78, 5) is 23.6. The minimum atomic E-state index is -4.79. The molecule has 11 heteroatoms. The number of nitrogens with zero attached hydrogens (tertiary/aromatic N) is 1. The predicted octanol–water partition coefficient (Wildman–Crippen LogP) is 5.67. The molecular weight excluding hydrogens is 469 g/mol. The molecular formula is C24H23F3N2O6. The van der Waals surface area contributed by atoms with E-state index in [1.54, 1.807) is 30.3 Å². The van der Waals surface area contributed by atoms with Gasteiger partial charge in [0.25, 0.3) is 5.70 Å². The Morgan fingerprint density at radius 1 is 1.09 bits per heavy atom. The lowest BCUT2D eigenvalue weighted by Gasteiger charge is -2.28. The van der Waals surface area contributed by atoms with Crippen LogP contribution in [0.5, 0.6) is 0 Å². The van der Waals surface area contributed by atoms with Gasteiger partial charge in [0, 0.05) is 7.11 Å². The van der Waals surface area contributed by atoms with E-state index in [1.807, 2.05) is 0 Å². The van der Waals surface area contributed by atoms with E-state index < -0.39 is 46.1 Å². The topological polar surface area (TPSA) is 99.9 Å². The lowest BCUT2D eigenvalue weighted by Crippen LogP contribution is -2.31. The maximum atomic E-state index is 13.8. The first-order chi connectivity index (χ1) is 16.5. The molecule has 8 nitrogen and oxygen atoms in total. The van der Waals surface area contributed by atoms with E-state index in [0.29, 0.717) is 0 Å². The number of hydrogen-bond acceptors (Lipinski definition) is 7. The third-order valence-electron chi connectivity index (χ3n) is 5.44. The molecule has 1 N–H and O–H groups in total. The molecule has 0 aliphatic carbocycles. The molecule has 0 bridgehead atoms. The third kappa shape index (κ3) is 5.80. The van der Waals surface area contributed by atoms with Gasteiger partial charge in [-0.3, -0.25) is 10.1 Å². The Morgan fingerprint density at radius 2 is 1.71 bits per heavy atom. The summed E-state index contributed by atoms with van der Waals surface area (Å²) in [6.07, 6.45) is -6.66. The van der Waals surface area contributed by atoms with Gasteiger partial charge in [0.05, 0.1) is 21.9 Å². The van der Waals surface area contributed by atoms with E-state index in [9.17, 15) is 28.1 Å². The van der Waals surface area contributed by atoms with Crippen LogP contribution in [0.1, 0.15) is 42.6 Å². The maximum Gasteiger partial charge on any atom is 0.513 e. The fourth-order valence-electron chi connectivity index (χ4n) is 3.87. The van der Waals surface area contributed by atoms with Crippen LogP contribution in [0, 0.1) is 10.1 Å². The van der Waals surface area contributed by atoms with Gasteiger partial charge in [0.1, 0.15) is 24.4 Å². The minimum Gasteiger partial charge on any atom is -0.431 e. The first kappa shape index (κ1) is 25.8. The highest BCUT2D eigenvalue weighted by Crippen LogP contribution is 2.44. The van der Waals surface area contributed by atoms with E-state index >= 15 is 0 Å². The largest absolute Gasteiger partial charge is 0.513 e. The molecule has 0 radical (unpaired) electrons. The normalized spacial score (nSPS) is 17.0. The standard InChI is InChI=1S/C24H23F3N2O6/c1-14-21(29(31)32)20(17-11-7-8-12-18(17)24(25,26)27)22(15(2)28-14)35-23(30)34-13-19(33-3)16-9-5-4-6-10-16/h4-12,19-20,28H,13H2,1-3H3/t19-,20?/m0/s1. The average molecular weight is 492 g/mol. The van der Waals surface area contributed by atoms with E-state index in [4.69, 9.17) is 14.2 Å². The molecule has 2 aromatic rings. The number of nitrogens with one attached hydrogen (secondary N) is 1. The molecule has 1 aliphatic heterocycles. The van der Waals surface area contributed by atoms with Crippen molar-refractivity contribution >= 4 is 6.16 Å². The van der Waals surface area contributed by atoms with Crippen molar-refractivity contribution in [2.24, 2.45) is 0 Å². The summed E-state index contributed by atoms with van der Waals surface area (Å²) >= 11 is 0. The number of ether oxygens (including phenoxy) is 3. The number of benzene rings is 2. The number of nitro groups is 1. The smallest absolute Gasteiger partial charge is 0.431 e. The summed E-state index contributed by atoms with van der Waals surface area (Å²) in [7, 11) is 1.42. The van der Waals surface area contributed by atoms with Crippen molar-refractivity contribution in [1.29, 1.82) is 0 Å². The number of methoxy groups -OCH3 is 1. The molecule has 0 amide bonds. The van der Waals surface area contributed by atoms with Crippen LogP contribution >= 0.6 is 0 Å². The molecule has 1 unspecified atom stereocenters. The number of hydrogen-bond donors (Lipinski definition) is 1. The number of rotatable bonds is 7. The van der Waals surface area contributed by atoms with Gasteiger partial charge >= 0.3 is 12.3 Å². The zero-order valence-electron chi connectivity index (χ0n) is 19.1. The summed E-state index contributed by atoms with van der Waals surface area (Å²) in [6, 6.07) is 13.3. The lowest BCUT2D eigenvalue weighted by molar-refractivity contribution is -0.431. The van der Waals surface area contributed by atoms with Crippen molar-refractivity contribution in [3.8, 4) is 0 Å². The van der Waals surface area contributed by atoms with Crippen molar-refractivity contribution in [3.63, 3.8) is 0 Å². The first-order valence-electron chi connectivity index (χ1n) is 10.5. The number of carbonyl (C=O) groups excluding carboxylic acids is 1. The van der Waals surface area contributed by atoms with Crippen molar-refractivity contribution in [1.82, 2.24) is 5.32 Å². The Kier molecular flexibility index (Phi) is 7.80. The molecule has 0 fully saturated rings. The highest BCUT2D eigenvalue weighted by molar-refractivity contribution is 5.63. The number of allylic oxidation sites excluding steroid dienone is 2. The van der Waals surface area contributed by atoms with Crippen molar-refractivity contribution in [2.45, 2.75) is 32.0 Å². The summed E-state index contributed by atoms with van der Waals surface area (Å²) in [6.45, 7) is 2.55. The number of carbonyl (C=O) groups is 1. The van der Waals surface area contributed by atoms with Crippen LogP contribution in [0.25, 0.3) is 0 Å². The van der Waals surface area contributed by atoms with Crippen LogP contribution in [-0.2, 0) is 20.4 Å². The van der Waals surface area contributed by atoms with Gasteiger partial charge in [-0.2, -0.15) is 13.2 Å². The Bertz CT molecular complexity index is 1160. The van der Waals surface area contributed by atoms with Crippen LogP contribution in [-0.4, -0.2) is 24.8 Å². The second kappa shape index (κ2) is 10.6. The highest BCUT2D eigenvalue weighted by atomic mass is 19.4. The minimum absolute atomic E-state index is 0.0266. The molecule has 1 aliphatic rings. The van der Waals surface area contributed by atoms with E-state index in [-0.39, 0.29) is 23.8 Å². The quantitative estimate of drug-likeness (QED) is 0.302. The average Bonchev–Trinajstić information content (AvgIpc) is 2.80. The van der Waals surface area contributed by atoms with Crippen molar-refractivity contribution < 1.29 is 37.1 Å². The van der Waals surface area contributed by atoms with Gasteiger partial charge in [0.15, 0.2) is 0 Å². The molecule has 186 valence electrons. The molecule has 2 atom stereocenters. The Morgan fingerprint density at radius 3 is 2.31 bits per heavy atom. The van der Waals surface area contributed by atoms with Crippen LogP contribution in [0.2, 0.25) is 0 Å². The summed E-state index contributed by atoms with van der Waals surface area (Å²) in [5.74, 6) is -1.97. The van der Waals surface area contributed by atoms with E-state index in [2.05, 4.69) is 5.32 Å². The monoisotopic (exact) mass is 492 g/mol. The van der Waals surface area contributed by atoms with Gasteiger partial charge in [-0.25, -0.2) is 4.79 Å². The summed E-state index contributed by atoms with van der Waals surface area (Å²) in [5, 5.41) is 14.6. The van der Waals surface area contributed by atoms with Gasteiger partial charge < -0.3 is 19.5 Å². The van der Waals surface area contributed by atoms with E-state index in [1.165, 1.54) is 33.1 Å². The molecule has 35 heavy (non-hydrogen) atoms. The molecule has 0 saturated carbocycles. The van der Waals surface area contributed by atoms with Crippen LogP contribution in [0.15, 0.2) is 77.4 Å². The predicted molar refractivity (Wildman–Crippen MR) is 118 cm³/mol. The van der Waals surface area contributed by atoms with Crippen molar-refractivity contribution in [3.05, 3.63) is 104 Å². The van der Waals surface area contributed by atoms with Gasteiger partial charge in [-0.15, -0.1) is 0 Å². The summed E-state index contributed by atoms with van der Waals surface area (Å²) < 4.78 is 57.0. The number of halogens is 3. The SMILES string of the molecule is CO[C@@H](COC(=O)OC1=C(C)NC(C)=C([N+](=O)[O-])C1c1ccccc1C(F)(F)F)c1ccccc1. The van der Waals surface area contributed by atoms with Gasteiger partial charge in [-0.1, -0.05) is 48.5 Å². The Hall–Kier alpha value is -3.86. The molecule has 0 saturated heterocycles. The van der Waals surface area contributed by atoms with Crippen LogP contribution < -0.4 is 5.32 Å². The fraction of sp³-hybridized carbons (Fsp3) is 0.292. The zero-order chi connectivity index (χ0) is 25.8. The maximum absolute atomic E-state index is 13.8. The second-order valence-corrected chi connectivity index (χ2v) is 7.70. The Labute approximate surface area is 199 Å². The lowest BCUT2D eigenvalue weighted by atomic mass is 9.86. The molecule has 2 aromatic carbocycles. The first-order valence-corrected chi connectivity index (χ1v) is 10.5. The molecule has 0 spiro atoms. The van der Waals surface area contributed by atoms with Crippen LogP contribution in [0.4, 0.5) is 18.0 Å². The zero-order valence-corrected chi connectivity index (χ0v) is 19.1. The van der Waals surface area contributed by atoms with Gasteiger partial charge in [0.2, 0.25) is 0 Å². The second-order valence-electron chi connectivity index (χ2n) is 7.70. The van der Waals surface area contributed by atoms with Crippen molar-refractivity contribution in [2.75, 3.05) is 13.7 Å². The van der Waals surface area contributed by atoms with Gasteiger partial charge in [-0.05, 0) is 31.0 Å². The number of alkyl halides is 3.